The van der Waals surface area contributed by atoms with Crippen LogP contribution in [0.15, 0.2) is 12.7 Å². The molecule has 1 atom stereocenters. The van der Waals surface area contributed by atoms with Crippen molar-refractivity contribution >= 4 is 5.91 Å². The molecule has 0 bridgehead atoms. The lowest BCUT2D eigenvalue weighted by atomic mass is 9.90. The Labute approximate surface area is 164 Å². The molecule has 0 spiro atoms. The van der Waals surface area contributed by atoms with Crippen LogP contribution in [0.4, 0.5) is 0 Å². The predicted octanol–water partition coefficient (Wildman–Crippen LogP) is 3.67. The predicted molar refractivity (Wildman–Crippen MR) is 110 cm³/mol. The highest BCUT2D eigenvalue weighted by Crippen LogP contribution is 2.28. The van der Waals surface area contributed by atoms with Gasteiger partial charge < -0.3 is 9.80 Å². The van der Waals surface area contributed by atoms with E-state index in [4.69, 9.17) is 5.10 Å². The van der Waals surface area contributed by atoms with Crippen LogP contribution in [0.1, 0.15) is 73.6 Å². The van der Waals surface area contributed by atoms with Gasteiger partial charge >= 0.3 is 0 Å². The monoisotopic (exact) mass is 372 g/mol. The average molecular weight is 373 g/mol. The molecule has 5 nitrogen and oxygen atoms in total. The number of hydrogen-bond donors (Lipinski definition) is 0. The summed E-state index contributed by atoms with van der Waals surface area (Å²) in [5.41, 5.74) is 3.17. The van der Waals surface area contributed by atoms with Gasteiger partial charge in [-0.3, -0.25) is 9.48 Å². The number of carbonyl (C=O) groups is 1. The van der Waals surface area contributed by atoms with Crippen LogP contribution in [-0.4, -0.2) is 58.2 Å². The second kappa shape index (κ2) is 9.54. The van der Waals surface area contributed by atoms with Crippen molar-refractivity contribution in [3.05, 3.63) is 29.6 Å². The van der Waals surface area contributed by atoms with Gasteiger partial charge in [-0.1, -0.05) is 32.3 Å². The van der Waals surface area contributed by atoms with Gasteiger partial charge in [-0.25, -0.2) is 0 Å². The Morgan fingerprint density at radius 1 is 1.30 bits per heavy atom. The van der Waals surface area contributed by atoms with Crippen LogP contribution in [-0.2, 0) is 19.4 Å². The summed E-state index contributed by atoms with van der Waals surface area (Å²) in [6.07, 6.45) is 12.1. The Bertz CT molecular complexity index is 643. The van der Waals surface area contributed by atoms with Gasteiger partial charge in [0.25, 0.3) is 5.91 Å². The molecule has 150 valence electrons. The Morgan fingerprint density at radius 2 is 2.04 bits per heavy atom. The van der Waals surface area contributed by atoms with Crippen molar-refractivity contribution < 1.29 is 4.79 Å². The molecule has 1 amide bonds. The van der Waals surface area contributed by atoms with Gasteiger partial charge in [-0.2, -0.15) is 5.10 Å². The van der Waals surface area contributed by atoms with Crippen molar-refractivity contribution in [3.8, 4) is 0 Å². The van der Waals surface area contributed by atoms with Crippen molar-refractivity contribution in [1.82, 2.24) is 19.6 Å². The Morgan fingerprint density at radius 3 is 2.70 bits per heavy atom. The number of aromatic nitrogens is 2. The highest BCUT2D eigenvalue weighted by Gasteiger charge is 2.32. The number of hydrogen-bond acceptors (Lipinski definition) is 3. The molecule has 2 aliphatic rings. The van der Waals surface area contributed by atoms with E-state index in [0.717, 1.165) is 51.7 Å². The lowest BCUT2D eigenvalue weighted by Crippen LogP contribution is -2.38. The number of likely N-dealkylation sites (tertiary alicyclic amines) is 1. The van der Waals surface area contributed by atoms with E-state index in [2.05, 4.69) is 25.5 Å². The summed E-state index contributed by atoms with van der Waals surface area (Å²) >= 11 is 0. The number of amides is 1. The van der Waals surface area contributed by atoms with Crippen molar-refractivity contribution in [3.63, 3.8) is 0 Å². The highest BCUT2D eigenvalue weighted by atomic mass is 16.2. The van der Waals surface area contributed by atoms with Crippen molar-refractivity contribution in [1.29, 1.82) is 0 Å². The van der Waals surface area contributed by atoms with Crippen LogP contribution in [0, 0.1) is 0 Å². The topological polar surface area (TPSA) is 41.4 Å². The number of allylic oxidation sites excluding steroid dienone is 1. The minimum Gasteiger partial charge on any atom is -0.337 e. The first-order valence-corrected chi connectivity index (χ1v) is 10.8. The molecule has 1 aromatic heterocycles. The number of rotatable bonds is 7. The molecule has 1 aliphatic carbocycles. The van der Waals surface area contributed by atoms with Crippen LogP contribution < -0.4 is 0 Å². The van der Waals surface area contributed by atoms with Gasteiger partial charge in [0.05, 0.1) is 6.54 Å². The zero-order valence-electron chi connectivity index (χ0n) is 17.3. The van der Waals surface area contributed by atoms with Crippen molar-refractivity contribution in [2.45, 2.75) is 77.3 Å². The quantitative estimate of drug-likeness (QED) is 0.686. The summed E-state index contributed by atoms with van der Waals surface area (Å²) < 4.78 is 2.02. The van der Waals surface area contributed by atoms with E-state index in [1.165, 1.54) is 36.9 Å². The third-order valence-corrected chi connectivity index (χ3v) is 6.21. The van der Waals surface area contributed by atoms with Crippen LogP contribution in [0.2, 0.25) is 0 Å². The van der Waals surface area contributed by atoms with Crippen LogP contribution in [0.3, 0.4) is 0 Å². The third kappa shape index (κ3) is 4.63. The number of unbranched alkanes of at least 4 members (excludes halogenated alkanes) is 1. The van der Waals surface area contributed by atoms with E-state index in [0.29, 0.717) is 18.3 Å². The summed E-state index contributed by atoms with van der Waals surface area (Å²) in [5.74, 6) is 0.146. The van der Waals surface area contributed by atoms with E-state index in [9.17, 15) is 4.79 Å². The summed E-state index contributed by atoms with van der Waals surface area (Å²) in [6.45, 7) is 9.69. The lowest BCUT2D eigenvalue weighted by molar-refractivity contribution is 0.0753. The lowest BCUT2D eigenvalue weighted by Gasteiger charge is -2.32. The summed E-state index contributed by atoms with van der Waals surface area (Å²) in [5, 5.41) is 4.78. The molecule has 1 saturated heterocycles. The van der Waals surface area contributed by atoms with Gasteiger partial charge in [0.2, 0.25) is 0 Å². The fraction of sp³-hybridized carbons (Fsp3) is 0.727. The van der Waals surface area contributed by atoms with Crippen LogP contribution in [0.25, 0.3) is 0 Å². The molecule has 1 fully saturated rings. The maximum absolute atomic E-state index is 13.3. The van der Waals surface area contributed by atoms with Crippen molar-refractivity contribution in [2.24, 2.45) is 0 Å². The molecule has 0 radical (unpaired) electrons. The smallest absolute Gasteiger partial charge is 0.274 e. The molecule has 27 heavy (non-hydrogen) atoms. The number of nitrogens with zero attached hydrogens (tertiary/aromatic N) is 4. The maximum atomic E-state index is 13.3. The molecule has 1 aromatic rings. The van der Waals surface area contributed by atoms with E-state index in [-0.39, 0.29) is 5.91 Å². The highest BCUT2D eigenvalue weighted by molar-refractivity contribution is 5.94. The summed E-state index contributed by atoms with van der Waals surface area (Å²) in [4.78, 5) is 17.8. The van der Waals surface area contributed by atoms with E-state index in [1.54, 1.807) is 0 Å². The molecular weight excluding hydrogens is 336 g/mol. The standard InChI is InChI=1S/C22H36N4O/c1-4-6-14-24(3)18-11-12-20-19(17-18)21(23-26(20)13-5-2)22(27)25-15-9-7-8-10-16-25/h5,18H,2,4,6-17H2,1,3H3/t18-/m1/s1. The Kier molecular flexibility index (Phi) is 7.11. The van der Waals surface area contributed by atoms with Crippen LogP contribution in [0.5, 0.6) is 0 Å². The van der Waals surface area contributed by atoms with E-state index in [1.807, 2.05) is 15.7 Å². The first kappa shape index (κ1) is 20.1. The molecule has 5 heteroatoms. The van der Waals surface area contributed by atoms with Gasteiger partial charge in [0, 0.05) is 30.4 Å². The van der Waals surface area contributed by atoms with Gasteiger partial charge in [-0.05, 0) is 52.1 Å². The first-order valence-electron chi connectivity index (χ1n) is 10.8. The maximum Gasteiger partial charge on any atom is 0.274 e. The van der Waals surface area contributed by atoms with Gasteiger partial charge in [0.1, 0.15) is 0 Å². The minimum atomic E-state index is 0.146. The summed E-state index contributed by atoms with van der Waals surface area (Å²) in [7, 11) is 2.23. The van der Waals surface area contributed by atoms with Gasteiger partial charge in [0.15, 0.2) is 5.69 Å². The third-order valence-electron chi connectivity index (χ3n) is 6.21. The van der Waals surface area contributed by atoms with Crippen molar-refractivity contribution in [2.75, 3.05) is 26.7 Å². The zero-order chi connectivity index (χ0) is 19.2. The van der Waals surface area contributed by atoms with E-state index >= 15 is 0 Å². The second-order valence-electron chi connectivity index (χ2n) is 8.18. The molecular formula is C22H36N4O. The molecule has 1 aliphatic heterocycles. The summed E-state index contributed by atoms with van der Waals surface area (Å²) in [6, 6.07) is 0.515. The molecule has 0 N–H and O–H groups in total. The molecule has 3 rings (SSSR count). The second-order valence-corrected chi connectivity index (χ2v) is 8.18. The fourth-order valence-corrected chi connectivity index (χ4v) is 4.50. The zero-order valence-corrected chi connectivity index (χ0v) is 17.3. The molecule has 0 aromatic carbocycles. The fourth-order valence-electron chi connectivity index (χ4n) is 4.50. The SMILES string of the molecule is C=CCn1nc(C(=O)N2CCCCCC2)c2c1CC[C@@H](N(C)CCCC)C2. The van der Waals surface area contributed by atoms with E-state index < -0.39 is 0 Å². The normalized spacial score (nSPS) is 20.4. The molecule has 2 heterocycles. The van der Waals surface area contributed by atoms with Crippen LogP contribution >= 0.6 is 0 Å². The minimum absolute atomic E-state index is 0.146. The van der Waals surface area contributed by atoms with Gasteiger partial charge in [-0.15, -0.1) is 6.58 Å². The first-order chi connectivity index (χ1) is 13.2. The Balaban J connectivity index is 1.84. The average Bonchev–Trinajstić information content (AvgIpc) is 2.85. The largest absolute Gasteiger partial charge is 0.337 e. The number of likely N-dealkylation sites (N-methyl/N-ethyl adjacent to an activating group) is 1. The Hall–Kier alpha value is -1.62. The molecule has 0 saturated carbocycles. The number of fused-ring (bicyclic) bond motifs is 1. The molecule has 0 unspecified atom stereocenters. The number of carbonyl (C=O) groups excluding carboxylic acids is 1.